The zero-order chi connectivity index (χ0) is 13.1. The molecule has 0 atom stereocenters. The van der Waals surface area contributed by atoms with Crippen LogP contribution in [0.5, 0.6) is 0 Å². The van der Waals surface area contributed by atoms with E-state index in [2.05, 4.69) is 20.0 Å². The second kappa shape index (κ2) is 5.49. The highest BCUT2D eigenvalue weighted by atomic mass is 35.5. The smallest absolute Gasteiger partial charge is 0.307 e. The first-order valence-electron chi connectivity index (χ1n) is 5.34. The lowest BCUT2D eigenvalue weighted by Crippen LogP contribution is -2.10. The monoisotopic (exact) mass is 285 g/mol. The van der Waals surface area contributed by atoms with Crippen molar-refractivity contribution >= 4 is 44.9 Å². The van der Waals surface area contributed by atoms with Crippen LogP contribution in [0.25, 0.3) is 10.2 Å². The molecule has 18 heavy (non-hydrogen) atoms. The molecule has 0 aromatic carbocycles. The second-order valence-corrected chi connectivity index (χ2v) is 5.24. The van der Waals surface area contributed by atoms with Crippen LogP contribution < -0.4 is 5.32 Å². The molecule has 0 saturated carbocycles. The van der Waals surface area contributed by atoms with Crippen molar-refractivity contribution in [3.8, 4) is 0 Å². The van der Waals surface area contributed by atoms with Gasteiger partial charge in [-0.05, 0) is 24.6 Å². The highest BCUT2D eigenvalue weighted by Gasteiger charge is 2.09. The minimum atomic E-state index is -0.264. The van der Waals surface area contributed by atoms with Crippen molar-refractivity contribution in [2.45, 2.75) is 13.3 Å². The first kappa shape index (κ1) is 13.0. The Bertz CT molecular complexity index is 585. The third-order valence-electron chi connectivity index (χ3n) is 2.34. The number of thiophene rings is 1. The first-order chi connectivity index (χ1) is 8.60. The fraction of sp³-hybridized carbons (Fsp3) is 0.364. The van der Waals surface area contributed by atoms with E-state index in [1.807, 2.05) is 13.0 Å². The summed E-state index contributed by atoms with van der Waals surface area (Å²) in [6, 6.07) is 2.00. The maximum Gasteiger partial charge on any atom is 0.307 e. The summed E-state index contributed by atoms with van der Waals surface area (Å²) in [5, 5.41) is 4.20. The summed E-state index contributed by atoms with van der Waals surface area (Å²) in [6.45, 7) is 2.45. The van der Waals surface area contributed by atoms with Crippen molar-refractivity contribution in [1.29, 1.82) is 0 Å². The quantitative estimate of drug-likeness (QED) is 0.691. The summed E-state index contributed by atoms with van der Waals surface area (Å²) in [5.41, 5.74) is 0. The molecule has 0 aliphatic rings. The molecular formula is C11H12ClN3O2S. The Balaban J connectivity index is 2.19. The third kappa shape index (κ3) is 2.88. The van der Waals surface area contributed by atoms with Gasteiger partial charge in [-0.15, -0.1) is 11.3 Å². The zero-order valence-electron chi connectivity index (χ0n) is 9.99. The van der Waals surface area contributed by atoms with Gasteiger partial charge >= 0.3 is 5.97 Å². The van der Waals surface area contributed by atoms with Crippen molar-refractivity contribution in [2.24, 2.45) is 0 Å². The zero-order valence-corrected chi connectivity index (χ0v) is 11.6. The molecule has 0 radical (unpaired) electrons. The van der Waals surface area contributed by atoms with Gasteiger partial charge in [0.1, 0.15) is 10.6 Å². The van der Waals surface area contributed by atoms with Gasteiger partial charge in [-0.2, -0.15) is 0 Å². The lowest BCUT2D eigenvalue weighted by Gasteiger charge is -2.05. The Morgan fingerprint density at radius 2 is 2.33 bits per heavy atom. The van der Waals surface area contributed by atoms with Crippen LogP contribution >= 0.6 is 22.9 Å². The van der Waals surface area contributed by atoms with Gasteiger partial charge in [-0.1, -0.05) is 0 Å². The summed E-state index contributed by atoms with van der Waals surface area (Å²) in [6.07, 6.45) is 0.280. The summed E-state index contributed by atoms with van der Waals surface area (Å²) < 4.78 is 4.57. The van der Waals surface area contributed by atoms with Gasteiger partial charge in [0, 0.05) is 11.4 Å². The number of rotatable bonds is 4. The first-order valence-corrected chi connectivity index (χ1v) is 6.54. The molecular weight excluding hydrogens is 274 g/mol. The molecule has 7 heteroatoms. The number of aromatic nitrogens is 2. The molecule has 0 aliphatic heterocycles. The number of ether oxygens (including phenoxy) is 1. The van der Waals surface area contributed by atoms with Crippen LogP contribution in [0.1, 0.15) is 11.3 Å². The van der Waals surface area contributed by atoms with Gasteiger partial charge in [-0.3, -0.25) is 4.79 Å². The Labute approximate surface area is 113 Å². The topological polar surface area (TPSA) is 64.1 Å². The molecule has 0 fully saturated rings. The number of halogens is 1. The third-order valence-corrected chi connectivity index (χ3v) is 3.45. The molecule has 0 amide bonds. The standard InChI is InChI=1S/C11H12ClN3O2S/c1-6-5-7-9(13-4-3-8(16)17-2)14-11(12)15-10(7)18-6/h5H,3-4H2,1-2H3,(H,13,14,15). The number of methoxy groups -OCH3 is 1. The van der Waals surface area contributed by atoms with Gasteiger partial charge in [0.2, 0.25) is 5.28 Å². The molecule has 1 N–H and O–H groups in total. The predicted octanol–water partition coefficient (Wildman–Crippen LogP) is 2.63. The molecule has 96 valence electrons. The van der Waals surface area contributed by atoms with E-state index in [-0.39, 0.29) is 17.7 Å². The maximum atomic E-state index is 11.0. The highest BCUT2D eigenvalue weighted by molar-refractivity contribution is 7.18. The summed E-state index contributed by atoms with van der Waals surface area (Å²) in [5.74, 6) is 0.388. The predicted molar refractivity (Wildman–Crippen MR) is 72.3 cm³/mol. The Hall–Kier alpha value is -1.40. The van der Waals surface area contributed by atoms with E-state index >= 15 is 0 Å². The van der Waals surface area contributed by atoms with E-state index in [1.54, 1.807) is 11.3 Å². The number of anilines is 1. The van der Waals surface area contributed by atoms with Crippen LogP contribution in [0.15, 0.2) is 6.07 Å². The number of aryl methyl sites for hydroxylation is 1. The molecule has 2 aromatic rings. The van der Waals surface area contributed by atoms with Gasteiger partial charge in [0.25, 0.3) is 0 Å². The SMILES string of the molecule is COC(=O)CCNc1nc(Cl)nc2sc(C)cc12. The Morgan fingerprint density at radius 3 is 3.06 bits per heavy atom. The number of esters is 1. The average molecular weight is 286 g/mol. The molecule has 0 bridgehead atoms. The minimum absolute atomic E-state index is 0.199. The van der Waals surface area contributed by atoms with E-state index in [0.717, 1.165) is 15.1 Å². The van der Waals surface area contributed by atoms with Crippen LogP contribution in [-0.2, 0) is 9.53 Å². The summed E-state index contributed by atoms with van der Waals surface area (Å²) in [4.78, 5) is 21.3. The molecule has 2 rings (SSSR count). The van der Waals surface area contributed by atoms with Crippen molar-refractivity contribution in [2.75, 3.05) is 19.0 Å². The number of carbonyl (C=O) groups excluding carboxylic acids is 1. The summed E-state index contributed by atoms with van der Waals surface area (Å²) in [7, 11) is 1.37. The van der Waals surface area contributed by atoms with Crippen LogP contribution in [-0.4, -0.2) is 29.6 Å². The van der Waals surface area contributed by atoms with E-state index in [0.29, 0.717) is 12.4 Å². The molecule has 2 heterocycles. The average Bonchev–Trinajstić information content (AvgIpc) is 2.69. The minimum Gasteiger partial charge on any atom is -0.469 e. The van der Waals surface area contributed by atoms with Crippen LogP contribution in [0.2, 0.25) is 5.28 Å². The summed E-state index contributed by atoms with van der Waals surface area (Å²) >= 11 is 7.41. The molecule has 0 saturated heterocycles. The number of carbonyl (C=O) groups is 1. The fourth-order valence-electron chi connectivity index (χ4n) is 1.54. The van der Waals surface area contributed by atoms with E-state index in [9.17, 15) is 4.79 Å². The number of hydrogen-bond donors (Lipinski definition) is 1. The number of hydrogen-bond acceptors (Lipinski definition) is 6. The maximum absolute atomic E-state index is 11.0. The van der Waals surface area contributed by atoms with Crippen molar-refractivity contribution < 1.29 is 9.53 Å². The van der Waals surface area contributed by atoms with E-state index in [4.69, 9.17) is 11.6 Å². The van der Waals surface area contributed by atoms with Crippen molar-refractivity contribution in [3.05, 3.63) is 16.2 Å². The lowest BCUT2D eigenvalue weighted by atomic mass is 10.3. The molecule has 2 aromatic heterocycles. The molecule has 5 nitrogen and oxygen atoms in total. The van der Waals surface area contributed by atoms with Gasteiger partial charge in [0.15, 0.2) is 0 Å². The van der Waals surface area contributed by atoms with Crippen molar-refractivity contribution in [1.82, 2.24) is 9.97 Å². The molecule has 0 aliphatic carbocycles. The van der Waals surface area contributed by atoms with Gasteiger partial charge < -0.3 is 10.1 Å². The number of nitrogens with one attached hydrogen (secondary N) is 1. The lowest BCUT2D eigenvalue weighted by molar-refractivity contribution is -0.140. The van der Waals surface area contributed by atoms with Crippen LogP contribution in [0, 0.1) is 6.92 Å². The largest absolute Gasteiger partial charge is 0.469 e. The van der Waals surface area contributed by atoms with Crippen molar-refractivity contribution in [3.63, 3.8) is 0 Å². The highest BCUT2D eigenvalue weighted by Crippen LogP contribution is 2.29. The van der Waals surface area contributed by atoms with Crippen LogP contribution in [0.4, 0.5) is 5.82 Å². The molecule has 0 spiro atoms. The van der Waals surface area contributed by atoms with Crippen LogP contribution in [0.3, 0.4) is 0 Å². The van der Waals surface area contributed by atoms with E-state index < -0.39 is 0 Å². The number of nitrogens with zero attached hydrogens (tertiary/aromatic N) is 2. The van der Waals surface area contributed by atoms with Gasteiger partial charge in [-0.25, -0.2) is 9.97 Å². The number of fused-ring (bicyclic) bond motifs is 1. The van der Waals surface area contributed by atoms with E-state index in [1.165, 1.54) is 7.11 Å². The Morgan fingerprint density at radius 1 is 1.56 bits per heavy atom. The second-order valence-electron chi connectivity index (χ2n) is 3.67. The molecule has 0 unspecified atom stereocenters. The normalized spacial score (nSPS) is 10.6. The Kier molecular flexibility index (Phi) is 3.98. The fourth-order valence-corrected chi connectivity index (χ4v) is 2.63. The van der Waals surface area contributed by atoms with Gasteiger partial charge in [0.05, 0.1) is 18.9 Å².